The van der Waals surface area contributed by atoms with Crippen LogP contribution in [0.15, 0.2) is 138 Å². The van der Waals surface area contributed by atoms with Gasteiger partial charge in [-0.25, -0.2) is 4.79 Å². The minimum atomic E-state index is -1.18. The van der Waals surface area contributed by atoms with Gasteiger partial charge in [0, 0.05) is 66.8 Å². The van der Waals surface area contributed by atoms with Gasteiger partial charge in [0.25, 0.3) is 0 Å². The van der Waals surface area contributed by atoms with Gasteiger partial charge in [-0.3, -0.25) is 0 Å². The molecule has 1 N–H and O–H groups in total. The zero-order valence-electron chi connectivity index (χ0n) is 47.3. The third-order valence-electron chi connectivity index (χ3n) is 18.0. The molecule has 0 saturated heterocycles. The Balaban J connectivity index is 0.887. The highest BCUT2D eigenvalue weighted by molar-refractivity contribution is 8.00. The van der Waals surface area contributed by atoms with Crippen molar-refractivity contribution in [1.29, 1.82) is 5.26 Å². The Morgan fingerprint density at radius 1 is 0.650 bits per heavy atom. The Morgan fingerprint density at radius 3 is 1.91 bits per heavy atom. The lowest BCUT2D eigenvalue weighted by atomic mass is 9.70. The Kier molecular flexibility index (Phi) is 15.2. The van der Waals surface area contributed by atoms with E-state index in [-0.39, 0.29) is 21.8 Å². The SMILES string of the molecule is CCCCCCc1cc(-c2sc(C3Cc4sc5cc(/C=C(/C#N)C(=O)O)sc5c4S3)cc2CCCCCC)sc1-c1ccc(C(C)(CCc2ccc3c(c2)C(C)(C)c2ccccc2-3)c2ccc3c(c2)C(C)(C)c2ccccc2-3)cc1. The minimum absolute atomic E-state index is 0.0375. The highest BCUT2D eigenvalue weighted by Gasteiger charge is 2.39. The number of thioether (sulfide) groups is 1. The molecule has 2 unspecified atom stereocenters. The van der Waals surface area contributed by atoms with Crippen molar-refractivity contribution in [3.63, 3.8) is 0 Å². The van der Waals surface area contributed by atoms with Gasteiger partial charge in [-0.05, 0) is 141 Å². The number of carboxylic acid groups (broad SMARTS) is 1. The molecular weight excluding hydrogens is 1070 g/mol. The molecule has 0 spiro atoms. The van der Waals surface area contributed by atoms with Gasteiger partial charge in [0.15, 0.2) is 0 Å². The van der Waals surface area contributed by atoms with Crippen LogP contribution in [0.25, 0.3) is 57.9 Å². The third-order valence-corrected chi connectivity index (χ3v) is 24.9. The summed E-state index contributed by atoms with van der Waals surface area (Å²) in [6.07, 6.45) is 16.5. The van der Waals surface area contributed by atoms with Crippen molar-refractivity contribution in [1.82, 2.24) is 0 Å². The van der Waals surface area contributed by atoms with E-state index in [1.54, 1.807) is 11.3 Å². The first-order chi connectivity index (χ1) is 38.7. The standard InChI is InChI=1S/C72H71NO2S5/c1-8-10-12-14-20-46-39-62(66-47(21-15-13-11-9-2)38-60(78-66)61-42-64-68(79-61)67-63(77-64)41-51(76-67)37-48(43-73)69(74)75)80-65(46)45-27-29-49(30-28-45)72(7,50-31-33-55-53-23-17-19-25-57(53)71(5,6)59(55)40-50)35-34-44-26-32-54-52-22-16-18-24-56(52)70(3,4)58(54)36-44/h16-19,22-33,36-41,61H,8-15,20-21,34-35,42H2,1-7H3,(H,74,75)/b48-37-. The van der Waals surface area contributed by atoms with E-state index in [0.717, 1.165) is 37.0 Å². The normalized spacial score (nSPS) is 16.3. The average Bonchev–Trinajstić information content (AvgIpc) is 4.53. The van der Waals surface area contributed by atoms with E-state index in [1.165, 1.54) is 174 Å². The summed E-state index contributed by atoms with van der Waals surface area (Å²) in [5.74, 6) is -1.18. The molecule has 2 atom stereocenters. The highest BCUT2D eigenvalue weighted by atomic mass is 32.2. The lowest BCUT2D eigenvalue weighted by Gasteiger charge is -2.33. The molecule has 0 radical (unpaired) electrons. The molecule has 3 nitrogen and oxygen atoms in total. The number of fused-ring (bicyclic) bond motifs is 9. The largest absolute Gasteiger partial charge is 0.477 e. The van der Waals surface area contributed by atoms with Crippen LogP contribution in [0.4, 0.5) is 0 Å². The predicted molar refractivity (Wildman–Crippen MR) is 345 cm³/mol. The van der Waals surface area contributed by atoms with E-state index in [9.17, 15) is 15.2 Å². The van der Waals surface area contributed by atoms with Gasteiger partial charge in [0.1, 0.15) is 11.6 Å². The first kappa shape index (κ1) is 54.8. The van der Waals surface area contributed by atoms with E-state index >= 15 is 0 Å². The molecule has 5 heterocycles. The molecule has 5 aromatic carbocycles. The Labute approximate surface area is 494 Å². The van der Waals surface area contributed by atoms with Crippen LogP contribution in [-0.2, 0) is 46.7 Å². The summed E-state index contributed by atoms with van der Waals surface area (Å²) in [6, 6.07) is 51.6. The number of aliphatic carboxylic acids is 1. The molecule has 2 aliphatic carbocycles. The summed E-state index contributed by atoms with van der Waals surface area (Å²) in [6.45, 7) is 16.7. The first-order valence-corrected chi connectivity index (χ1v) is 33.3. The maximum Gasteiger partial charge on any atom is 0.346 e. The van der Waals surface area contributed by atoms with Crippen LogP contribution in [0.1, 0.15) is 176 Å². The molecule has 0 amide bonds. The lowest BCUT2D eigenvalue weighted by Crippen LogP contribution is -2.26. The van der Waals surface area contributed by atoms with Crippen LogP contribution in [0.3, 0.4) is 0 Å². The molecule has 0 bridgehead atoms. The monoisotopic (exact) mass is 1140 g/mol. The van der Waals surface area contributed by atoms with Crippen molar-refractivity contribution in [3.05, 3.63) is 198 Å². The molecule has 12 rings (SSSR count). The number of hydrogen-bond donors (Lipinski definition) is 1. The van der Waals surface area contributed by atoms with Crippen LogP contribution in [0.2, 0.25) is 0 Å². The number of hydrogen-bond acceptors (Lipinski definition) is 7. The number of nitriles is 1. The molecular formula is C72H71NO2S5. The summed E-state index contributed by atoms with van der Waals surface area (Å²) in [5.41, 5.74) is 19.0. The van der Waals surface area contributed by atoms with Crippen molar-refractivity contribution in [2.24, 2.45) is 0 Å². The molecule has 8 heteroatoms. The second-order valence-corrected chi connectivity index (χ2v) is 29.5. The zero-order valence-corrected chi connectivity index (χ0v) is 51.4. The predicted octanol–water partition coefficient (Wildman–Crippen LogP) is 21.6. The van der Waals surface area contributed by atoms with Crippen molar-refractivity contribution < 1.29 is 9.90 Å². The smallest absolute Gasteiger partial charge is 0.346 e. The van der Waals surface area contributed by atoms with Crippen LogP contribution in [-0.4, -0.2) is 11.1 Å². The van der Waals surface area contributed by atoms with Gasteiger partial charge >= 0.3 is 5.97 Å². The average molecular weight is 1140 g/mol. The van der Waals surface area contributed by atoms with Gasteiger partial charge in [0.2, 0.25) is 0 Å². The Hall–Kier alpha value is -5.79. The van der Waals surface area contributed by atoms with Crippen LogP contribution in [0, 0.1) is 11.3 Å². The summed E-state index contributed by atoms with van der Waals surface area (Å²) in [7, 11) is 0. The van der Waals surface area contributed by atoms with Gasteiger partial charge in [-0.2, -0.15) is 5.26 Å². The summed E-state index contributed by atoms with van der Waals surface area (Å²) >= 11 is 9.46. The molecule has 9 aromatic rings. The van der Waals surface area contributed by atoms with Gasteiger partial charge < -0.3 is 5.11 Å². The van der Waals surface area contributed by atoms with Crippen molar-refractivity contribution in [2.75, 3.05) is 0 Å². The van der Waals surface area contributed by atoms with E-state index < -0.39 is 5.97 Å². The number of rotatable bonds is 20. The molecule has 0 fully saturated rings. The van der Waals surface area contributed by atoms with Crippen molar-refractivity contribution in [2.45, 2.75) is 158 Å². The van der Waals surface area contributed by atoms with Crippen LogP contribution >= 0.6 is 57.1 Å². The summed E-state index contributed by atoms with van der Waals surface area (Å²) < 4.78 is 2.41. The number of carbonyl (C=O) groups is 1. The molecule has 80 heavy (non-hydrogen) atoms. The summed E-state index contributed by atoms with van der Waals surface area (Å²) in [4.78, 5) is 21.0. The van der Waals surface area contributed by atoms with Crippen LogP contribution in [0.5, 0.6) is 0 Å². The Bertz CT molecular complexity index is 3900. The summed E-state index contributed by atoms with van der Waals surface area (Å²) in [5, 5.41) is 19.3. The molecule has 4 aromatic heterocycles. The van der Waals surface area contributed by atoms with E-state index in [4.69, 9.17) is 0 Å². The first-order valence-electron chi connectivity index (χ1n) is 29.1. The number of unbranched alkanes of at least 4 members (excludes halogenated alkanes) is 6. The van der Waals surface area contributed by atoms with Crippen molar-refractivity contribution in [3.8, 4) is 48.5 Å². The van der Waals surface area contributed by atoms with Gasteiger partial charge in [-0.15, -0.1) is 57.1 Å². The second kappa shape index (κ2) is 22.2. The van der Waals surface area contributed by atoms with Crippen LogP contribution < -0.4 is 0 Å². The molecule has 1 aliphatic heterocycles. The van der Waals surface area contributed by atoms with Gasteiger partial charge in [0.05, 0.1) is 4.70 Å². The molecule has 406 valence electrons. The van der Waals surface area contributed by atoms with Gasteiger partial charge in [-0.1, -0.05) is 196 Å². The Morgan fingerprint density at radius 2 is 1.26 bits per heavy atom. The minimum Gasteiger partial charge on any atom is -0.477 e. The quantitative estimate of drug-likeness (QED) is 0.0469. The highest BCUT2D eigenvalue weighted by Crippen LogP contribution is 2.58. The fourth-order valence-corrected chi connectivity index (χ4v) is 20.4. The number of nitrogens with zero attached hydrogens (tertiary/aromatic N) is 1. The van der Waals surface area contributed by atoms with E-state index in [1.807, 2.05) is 51.8 Å². The number of benzene rings is 5. The topological polar surface area (TPSA) is 61.1 Å². The van der Waals surface area contributed by atoms with E-state index in [0.29, 0.717) is 5.25 Å². The number of carboxylic acids is 1. The van der Waals surface area contributed by atoms with Crippen molar-refractivity contribution >= 4 is 78.6 Å². The fraction of sp³-hybridized carbons (Fsp3) is 0.333. The lowest BCUT2D eigenvalue weighted by molar-refractivity contribution is -0.132. The maximum atomic E-state index is 11.7. The van der Waals surface area contributed by atoms with E-state index in [2.05, 4.69) is 176 Å². The second-order valence-electron chi connectivity index (χ2n) is 24.0. The number of aryl methyl sites for hydroxylation is 3. The fourth-order valence-electron chi connectivity index (χ4n) is 13.3. The molecule has 3 aliphatic rings. The molecule has 0 saturated carbocycles. The number of thiophene rings is 4. The maximum absolute atomic E-state index is 11.7. The third kappa shape index (κ3) is 9.91. The zero-order chi connectivity index (χ0) is 55.5.